The van der Waals surface area contributed by atoms with E-state index in [1.807, 2.05) is 0 Å². The van der Waals surface area contributed by atoms with Crippen LogP contribution >= 0.6 is 0 Å². The second-order valence-corrected chi connectivity index (χ2v) is 5.96. The SMILES string of the molecule is CN(C1CC2CCC1C2)C1COCC1C(=O)O. The van der Waals surface area contributed by atoms with Gasteiger partial charge in [0.1, 0.15) is 0 Å². The molecule has 1 N–H and O–H groups in total. The average Bonchev–Trinajstić information content (AvgIpc) is 3.02. The number of ether oxygens (including phenoxy) is 1. The molecule has 0 radical (unpaired) electrons. The first-order chi connectivity index (χ1) is 8.16. The van der Waals surface area contributed by atoms with E-state index in [0.29, 0.717) is 19.3 Å². The summed E-state index contributed by atoms with van der Waals surface area (Å²) < 4.78 is 5.37. The van der Waals surface area contributed by atoms with Gasteiger partial charge in [0.25, 0.3) is 0 Å². The van der Waals surface area contributed by atoms with Crippen molar-refractivity contribution in [1.82, 2.24) is 4.90 Å². The second-order valence-electron chi connectivity index (χ2n) is 5.96. The molecule has 3 aliphatic rings. The third-order valence-corrected chi connectivity index (χ3v) is 5.11. The molecule has 0 aromatic heterocycles. The van der Waals surface area contributed by atoms with Gasteiger partial charge >= 0.3 is 5.97 Å². The van der Waals surface area contributed by atoms with Crippen molar-refractivity contribution in [2.45, 2.75) is 37.8 Å². The third-order valence-electron chi connectivity index (χ3n) is 5.11. The number of fused-ring (bicyclic) bond motifs is 2. The maximum Gasteiger partial charge on any atom is 0.310 e. The monoisotopic (exact) mass is 239 g/mol. The molecule has 4 heteroatoms. The van der Waals surface area contributed by atoms with Gasteiger partial charge < -0.3 is 9.84 Å². The van der Waals surface area contributed by atoms with Crippen molar-refractivity contribution in [3.05, 3.63) is 0 Å². The van der Waals surface area contributed by atoms with Crippen molar-refractivity contribution in [3.63, 3.8) is 0 Å². The Morgan fingerprint density at radius 1 is 1.24 bits per heavy atom. The highest BCUT2D eigenvalue weighted by atomic mass is 16.5. The lowest BCUT2D eigenvalue weighted by molar-refractivity contribution is -0.143. The van der Waals surface area contributed by atoms with Crippen LogP contribution in [-0.2, 0) is 9.53 Å². The largest absolute Gasteiger partial charge is 0.481 e. The number of hydrogen-bond acceptors (Lipinski definition) is 3. The molecule has 3 rings (SSSR count). The van der Waals surface area contributed by atoms with Crippen molar-refractivity contribution >= 4 is 5.97 Å². The van der Waals surface area contributed by atoms with E-state index in [0.717, 1.165) is 11.8 Å². The highest BCUT2D eigenvalue weighted by Gasteiger charge is 2.46. The van der Waals surface area contributed by atoms with E-state index in [4.69, 9.17) is 4.74 Å². The van der Waals surface area contributed by atoms with Crippen LogP contribution in [0.3, 0.4) is 0 Å². The van der Waals surface area contributed by atoms with Crippen molar-refractivity contribution in [2.75, 3.05) is 20.3 Å². The quantitative estimate of drug-likeness (QED) is 0.804. The molecular weight excluding hydrogens is 218 g/mol. The first-order valence-electron chi connectivity index (χ1n) is 6.69. The molecule has 5 atom stereocenters. The number of carbonyl (C=O) groups is 1. The smallest absolute Gasteiger partial charge is 0.310 e. The number of nitrogens with zero attached hydrogens (tertiary/aromatic N) is 1. The summed E-state index contributed by atoms with van der Waals surface area (Å²) in [7, 11) is 2.10. The molecule has 1 saturated heterocycles. The molecular formula is C13H21NO3. The summed E-state index contributed by atoms with van der Waals surface area (Å²) in [4.78, 5) is 13.5. The van der Waals surface area contributed by atoms with Crippen molar-refractivity contribution in [3.8, 4) is 0 Å². The molecule has 0 aromatic carbocycles. The summed E-state index contributed by atoms with van der Waals surface area (Å²) in [5, 5.41) is 9.20. The summed E-state index contributed by atoms with van der Waals surface area (Å²) in [6.45, 7) is 0.965. The Balaban J connectivity index is 1.69. The number of hydrogen-bond donors (Lipinski definition) is 1. The first-order valence-corrected chi connectivity index (χ1v) is 6.69. The van der Waals surface area contributed by atoms with Gasteiger partial charge in [0.2, 0.25) is 0 Å². The van der Waals surface area contributed by atoms with Gasteiger partial charge in [0, 0.05) is 12.1 Å². The number of rotatable bonds is 3. The molecule has 1 heterocycles. The van der Waals surface area contributed by atoms with E-state index in [1.54, 1.807) is 0 Å². The molecule has 5 unspecified atom stereocenters. The van der Waals surface area contributed by atoms with Crippen LogP contribution in [0.4, 0.5) is 0 Å². The van der Waals surface area contributed by atoms with E-state index in [9.17, 15) is 9.90 Å². The Bertz CT molecular complexity index is 320. The molecule has 96 valence electrons. The molecule has 0 aromatic rings. The van der Waals surface area contributed by atoms with Crippen LogP contribution < -0.4 is 0 Å². The predicted molar refractivity (Wildman–Crippen MR) is 62.7 cm³/mol. The van der Waals surface area contributed by atoms with Gasteiger partial charge in [-0.05, 0) is 38.1 Å². The number of carboxylic acids is 1. The highest BCUT2D eigenvalue weighted by Crippen LogP contribution is 2.47. The first kappa shape index (κ1) is 11.5. The lowest BCUT2D eigenvalue weighted by Gasteiger charge is -2.36. The predicted octanol–water partition coefficient (Wildman–Crippen LogP) is 1.21. The van der Waals surface area contributed by atoms with Crippen molar-refractivity contribution in [1.29, 1.82) is 0 Å². The Kier molecular flexibility index (Phi) is 2.87. The van der Waals surface area contributed by atoms with Gasteiger partial charge in [-0.25, -0.2) is 0 Å². The van der Waals surface area contributed by atoms with Crippen LogP contribution in [0.1, 0.15) is 25.7 Å². The third kappa shape index (κ3) is 1.87. The zero-order valence-corrected chi connectivity index (χ0v) is 10.3. The van der Waals surface area contributed by atoms with Crippen LogP contribution in [-0.4, -0.2) is 48.3 Å². The highest BCUT2D eigenvalue weighted by molar-refractivity contribution is 5.71. The molecule has 2 saturated carbocycles. The summed E-state index contributed by atoms with van der Waals surface area (Å²) in [6.07, 6.45) is 5.36. The normalized spacial score (nSPS) is 44.7. The van der Waals surface area contributed by atoms with Crippen LogP contribution in [0.5, 0.6) is 0 Å². The fourth-order valence-corrected chi connectivity index (χ4v) is 4.14. The minimum atomic E-state index is -0.706. The molecule has 0 spiro atoms. The molecule has 3 fully saturated rings. The molecule has 2 bridgehead atoms. The van der Waals surface area contributed by atoms with E-state index >= 15 is 0 Å². The van der Waals surface area contributed by atoms with Gasteiger partial charge in [0.15, 0.2) is 0 Å². The topological polar surface area (TPSA) is 49.8 Å². The summed E-state index contributed by atoms with van der Waals surface area (Å²) in [5.74, 6) is 0.666. The zero-order valence-electron chi connectivity index (χ0n) is 10.3. The van der Waals surface area contributed by atoms with E-state index < -0.39 is 5.97 Å². The summed E-state index contributed by atoms with van der Waals surface area (Å²) in [6, 6.07) is 0.680. The second kappa shape index (κ2) is 4.25. The van der Waals surface area contributed by atoms with Crippen molar-refractivity contribution < 1.29 is 14.6 Å². The van der Waals surface area contributed by atoms with Crippen LogP contribution in [0.2, 0.25) is 0 Å². The molecule has 4 nitrogen and oxygen atoms in total. The van der Waals surface area contributed by atoms with Gasteiger partial charge in [-0.15, -0.1) is 0 Å². The minimum absolute atomic E-state index is 0.0804. The number of aliphatic carboxylic acids is 1. The van der Waals surface area contributed by atoms with Gasteiger partial charge in [0.05, 0.1) is 19.1 Å². The molecule has 17 heavy (non-hydrogen) atoms. The number of carboxylic acid groups (broad SMARTS) is 1. The van der Waals surface area contributed by atoms with Crippen molar-refractivity contribution in [2.24, 2.45) is 17.8 Å². The van der Waals surface area contributed by atoms with Crippen LogP contribution in [0, 0.1) is 17.8 Å². The number of likely N-dealkylation sites (N-methyl/N-ethyl adjacent to an activating group) is 1. The lowest BCUT2D eigenvalue weighted by atomic mass is 9.91. The van der Waals surface area contributed by atoms with E-state index in [1.165, 1.54) is 25.7 Å². The molecule has 2 aliphatic carbocycles. The lowest BCUT2D eigenvalue weighted by Crippen LogP contribution is -2.48. The zero-order chi connectivity index (χ0) is 12.0. The van der Waals surface area contributed by atoms with E-state index in [2.05, 4.69) is 11.9 Å². The summed E-state index contributed by atoms with van der Waals surface area (Å²) >= 11 is 0. The van der Waals surface area contributed by atoms with Gasteiger partial charge in [-0.2, -0.15) is 0 Å². The van der Waals surface area contributed by atoms with Crippen LogP contribution in [0.15, 0.2) is 0 Å². The van der Waals surface area contributed by atoms with Crippen LogP contribution in [0.25, 0.3) is 0 Å². The Morgan fingerprint density at radius 3 is 2.65 bits per heavy atom. The average molecular weight is 239 g/mol. The van der Waals surface area contributed by atoms with E-state index in [-0.39, 0.29) is 12.0 Å². The van der Waals surface area contributed by atoms with Gasteiger partial charge in [-0.1, -0.05) is 6.42 Å². The maximum absolute atomic E-state index is 11.2. The Labute approximate surface area is 102 Å². The summed E-state index contributed by atoms with van der Waals surface area (Å²) in [5.41, 5.74) is 0. The Hall–Kier alpha value is -0.610. The maximum atomic E-state index is 11.2. The molecule has 1 aliphatic heterocycles. The fourth-order valence-electron chi connectivity index (χ4n) is 4.14. The fraction of sp³-hybridized carbons (Fsp3) is 0.923. The Morgan fingerprint density at radius 2 is 2.06 bits per heavy atom. The minimum Gasteiger partial charge on any atom is -0.481 e. The van der Waals surface area contributed by atoms with Gasteiger partial charge in [-0.3, -0.25) is 9.69 Å². The standard InChI is InChI=1S/C13H21NO3/c1-14(11-5-8-2-3-9(11)4-8)12-7-17-6-10(12)13(15)16/h8-12H,2-7H2,1H3,(H,15,16). The molecule has 0 amide bonds.